The van der Waals surface area contributed by atoms with Crippen molar-refractivity contribution >= 4 is 15.7 Å². The van der Waals surface area contributed by atoms with Gasteiger partial charge in [0, 0.05) is 24.7 Å². The Morgan fingerprint density at radius 3 is 2.40 bits per heavy atom. The fourth-order valence-electron chi connectivity index (χ4n) is 1.66. The molecule has 1 aromatic carbocycles. The van der Waals surface area contributed by atoms with Crippen molar-refractivity contribution in [2.45, 2.75) is 25.6 Å². The summed E-state index contributed by atoms with van der Waals surface area (Å²) in [6.45, 7) is 4.91. The molecule has 1 atom stereocenters. The lowest BCUT2D eigenvalue weighted by Gasteiger charge is -2.13. The first-order chi connectivity index (χ1) is 9.34. The number of nitrogens with zero attached hydrogens (tertiary/aromatic N) is 1. The fourth-order valence-corrected chi connectivity index (χ4v) is 2.89. The number of likely N-dealkylation sites (N-methyl/N-ethyl adjacent to an activating group) is 1. The standard InChI is InChI=1S/C12H19N3O4S/c1-3-13-10(2)8-14-20(18,19)9-11-4-6-12(7-5-11)15(16)17/h4-7,10,13-14H,3,8-9H2,1-2H3/t10-/m1/s1. The quantitative estimate of drug-likeness (QED) is 0.551. The van der Waals surface area contributed by atoms with Crippen LogP contribution in [0.5, 0.6) is 0 Å². The van der Waals surface area contributed by atoms with Crippen LogP contribution in [-0.4, -0.2) is 32.5 Å². The number of benzene rings is 1. The molecule has 0 spiro atoms. The van der Waals surface area contributed by atoms with Crippen molar-refractivity contribution in [2.75, 3.05) is 13.1 Å². The zero-order valence-electron chi connectivity index (χ0n) is 11.5. The molecule has 0 radical (unpaired) electrons. The van der Waals surface area contributed by atoms with Crippen LogP contribution in [0.25, 0.3) is 0 Å². The molecular formula is C12H19N3O4S. The van der Waals surface area contributed by atoms with E-state index >= 15 is 0 Å². The van der Waals surface area contributed by atoms with Crippen molar-refractivity contribution in [1.82, 2.24) is 10.0 Å². The lowest BCUT2D eigenvalue weighted by atomic mass is 10.2. The van der Waals surface area contributed by atoms with Gasteiger partial charge in [-0.1, -0.05) is 19.1 Å². The highest BCUT2D eigenvalue weighted by Gasteiger charge is 2.13. The smallest absolute Gasteiger partial charge is 0.269 e. The average molecular weight is 301 g/mol. The van der Waals surface area contributed by atoms with Crippen LogP contribution in [0.15, 0.2) is 24.3 Å². The lowest BCUT2D eigenvalue weighted by Crippen LogP contribution is -2.39. The van der Waals surface area contributed by atoms with Gasteiger partial charge in [0.2, 0.25) is 10.0 Å². The van der Waals surface area contributed by atoms with Crippen LogP contribution in [0, 0.1) is 10.1 Å². The number of nitrogens with one attached hydrogen (secondary N) is 2. The van der Waals surface area contributed by atoms with E-state index in [-0.39, 0.29) is 17.5 Å². The molecule has 0 aliphatic heterocycles. The van der Waals surface area contributed by atoms with E-state index in [9.17, 15) is 18.5 Å². The number of sulfonamides is 1. The molecule has 1 rings (SSSR count). The van der Waals surface area contributed by atoms with Crippen LogP contribution in [0.3, 0.4) is 0 Å². The zero-order chi connectivity index (χ0) is 15.2. The minimum atomic E-state index is -3.44. The molecule has 0 fully saturated rings. The third-order valence-electron chi connectivity index (χ3n) is 2.67. The number of nitro benzene ring substituents is 1. The Hall–Kier alpha value is -1.51. The van der Waals surface area contributed by atoms with Gasteiger partial charge in [-0.15, -0.1) is 0 Å². The fraction of sp³-hybridized carbons (Fsp3) is 0.500. The van der Waals surface area contributed by atoms with Crippen molar-refractivity contribution in [1.29, 1.82) is 0 Å². The van der Waals surface area contributed by atoms with Crippen LogP contribution >= 0.6 is 0 Å². The third kappa shape index (κ3) is 5.64. The molecule has 112 valence electrons. The summed E-state index contributed by atoms with van der Waals surface area (Å²) in [5.41, 5.74) is 0.457. The molecule has 2 N–H and O–H groups in total. The van der Waals surface area contributed by atoms with Gasteiger partial charge in [0.1, 0.15) is 0 Å². The van der Waals surface area contributed by atoms with Crippen molar-refractivity contribution in [3.8, 4) is 0 Å². The summed E-state index contributed by atoms with van der Waals surface area (Å²) in [5.74, 6) is -0.191. The van der Waals surface area contributed by atoms with Crippen LogP contribution in [0.2, 0.25) is 0 Å². The van der Waals surface area contributed by atoms with E-state index < -0.39 is 14.9 Å². The van der Waals surface area contributed by atoms with Crippen molar-refractivity contribution in [3.63, 3.8) is 0 Å². The number of hydrogen-bond donors (Lipinski definition) is 2. The Labute approximate surface area is 118 Å². The summed E-state index contributed by atoms with van der Waals surface area (Å²) in [6, 6.07) is 5.54. The second-order valence-electron chi connectivity index (χ2n) is 4.49. The van der Waals surface area contributed by atoms with Crippen LogP contribution < -0.4 is 10.0 Å². The van der Waals surface area contributed by atoms with E-state index in [0.29, 0.717) is 12.1 Å². The van der Waals surface area contributed by atoms with Gasteiger partial charge in [-0.3, -0.25) is 10.1 Å². The summed E-state index contributed by atoms with van der Waals surface area (Å²) in [7, 11) is -3.44. The highest BCUT2D eigenvalue weighted by atomic mass is 32.2. The predicted octanol–water partition coefficient (Wildman–Crippen LogP) is 1.01. The molecule has 0 unspecified atom stereocenters. The molecule has 0 aliphatic rings. The molecular weight excluding hydrogens is 282 g/mol. The van der Waals surface area contributed by atoms with E-state index in [2.05, 4.69) is 10.0 Å². The summed E-state index contributed by atoms with van der Waals surface area (Å²) in [4.78, 5) is 9.99. The molecule has 20 heavy (non-hydrogen) atoms. The number of hydrogen-bond acceptors (Lipinski definition) is 5. The molecule has 0 aromatic heterocycles. The Morgan fingerprint density at radius 1 is 1.30 bits per heavy atom. The van der Waals surface area contributed by atoms with Gasteiger partial charge in [0.25, 0.3) is 5.69 Å². The first-order valence-corrected chi connectivity index (χ1v) is 7.93. The zero-order valence-corrected chi connectivity index (χ0v) is 12.3. The second-order valence-corrected chi connectivity index (χ2v) is 6.30. The van der Waals surface area contributed by atoms with Gasteiger partial charge >= 0.3 is 0 Å². The van der Waals surface area contributed by atoms with Gasteiger partial charge in [-0.2, -0.15) is 0 Å². The largest absolute Gasteiger partial charge is 0.313 e. The Bertz CT molecular complexity index is 542. The molecule has 8 heteroatoms. The van der Waals surface area contributed by atoms with E-state index in [4.69, 9.17) is 0 Å². The summed E-state index contributed by atoms with van der Waals surface area (Å²) in [5, 5.41) is 13.6. The van der Waals surface area contributed by atoms with Gasteiger partial charge in [-0.05, 0) is 19.0 Å². The number of rotatable bonds is 8. The summed E-state index contributed by atoms with van der Waals surface area (Å²) < 4.78 is 26.2. The number of nitro groups is 1. The van der Waals surface area contributed by atoms with E-state index in [0.717, 1.165) is 6.54 Å². The minimum absolute atomic E-state index is 0.0478. The second kappa shape index (κ2) is 7.32. The summed E-state index contributed by atoms with van der Waals surface area (Å²) in [6.07, 6.45) is 0. The Balaban J connectivity index is 2.59. The highest BCUT2D eigenvalue weighted by Crippen LogP contribution is 2.13. The van der Waals surface area contributed by atoms with E-state index in [1.54, 1.807) is 0 Å². The third-order valence-corrected chi connectivity index (χ3v) is 3.99. The molecule has 0 bridgehead atoms. The summed E-state index contributed by atoms with van der Waals surface area (Å²) >= 11 is 0. The van der Waals surface area contributed by atoms with E-state index in [1.807, 2.05) is 13.8 Å². The molecule has 0 saturated carbocycles. The van der Waals surface area contributed by atoms with E-state index in [1.165, 1.54) is 24.3 Å². The maximum Gasteiger partial charge on any atom is 0.269 e. The van der Waals surface area contributed by atoms with Crippen molar-refractivity contribution in [3.05, 3.63) is 39.9 Å². The highest BCUT2D eigenvalue weighted by molar-refractivity contribution is 7.88. The average Bonchev–Trinajstić information content (AvgIpc) is 2.37. The monoisotopic (exact) mass is 301 g/mol. The first-order valence-electron chi connectivity index (χ1n) is 6.28. The van der Waals surface area contributed by atoms with Gasteiger partial charge in [0.15, 0.2) is 0 Å². The topological polar surface area (TPSA) is 101 Å². The molecule has 0 heterocycles. The normalized spacial score (nSPS) is 13.1. The SMILES string of the molecule is CCN[C@H](C)CNS(=O)(=O)Cc1ccc([N+](=O)[O-])cc1. The number of non-ortho nitro benzene ring substituents is 1. The van der Waals surface area contributed by atoms with Crippen LogP contribution in [0.4, 0.5) is 5.69 Å². The van der Waals surface area contributed by atoms with Crippen LogP contribution in [0.1, 0.15) is 19.4 Å². The molecule has 1 aromatic rings. The predicted molar refractivity (Wildman–Crippen MR) is 76.9 cm³/mol. The van der Waals surface area contributed by atoms with Crippen LogP contribution in [-0.2, 0) is 15.8 Å². The molecule has 0 amide bonds. The first kappa shape index (κ1) is 16.5. The van der Waals surface area contributed by atoms with Gasteiger partial charge in [-0.25, -0.2) is 13.1 Å². The maximum absolute atomic E-state index is 11.9. The molecule has 0 aliphatic carbocycles. The maximum atomic E-state index is 11.9. The minimum Gasteiger partial charge on any atom is -0.313 e. The van der Waals surface area contributed by atoms with Crippen molar-refractivity contribution < 1.29 is 13.3 Å². The Morgan fingerprint density at radius 2 is 1.90 bits per heavy atom. The lowest BCUT2D eigenvalue weighted by molar-refractivity contribution is -0.384. The Kier molecular flexibility index (Phi) is 6.05. The molecule has 7 nitrogen and oxygen atoms in total. The van der Waals surface area contributed by atoms with Crippen molar-refractivity contribution in [2.24, 2.45) is 0 Å². The molecule has 0 saturated heterocycles. The van der Waals surface area contributed by atoms with Gasteiger partial charge in [0.05, 0.1) is 10.7 Å². The van der Waals surface area contributed by atoms with Gasteiger partial charge < -0.3 is 5.32 Å².